The third-order valence-corrected chi connectivity index (χ3v) is 11.1. The summed E-state index contributed by atoms with van der Waals surface area (Å²) in [4.78, 5) is 6.96. The predicted octanol–water partition coefficient (Wildman–Crippen LogP) is 13.3. The summed E-state index contributed by atoms with van der Waals surface area (Å²) in [6.07, 6.45) is 1.85. The monoisotopic (exact) mass is 679 g/mol. The van der Waals surface area contributed by atoms with Crippen LogP contribution in [0.2, 0.25) is 0 Å². The average molecular weight is 680 g/mol. The second-order valence-electron chi connectivity index (χ2n) is 14.5. The zero-order valence-electron chi connectivity index (χ0n) is 29.7. The van der Waals surface area contributed by atoms with Gasteiger partial charge in [0.25, 0.3) is 0 Å². The van der Waals surface area contributed by atoms with Gasteiger partial charge in [0.05, 0.1) is 16.7 Å². The molecule has 3 heteroatoms. The topological polar surface area (TPSA) is 21.1 Å². The minimum atomic E-state index is -0.0459. The van der Waals surface area contributed by atoms with Crippen molar-refractivity contribution in [2.75, 3.05) is 4.90 Å². The molecule has 0 N–H and O–H groups in total. The maximum absolute atomic E-state index is 4.59. The summed E-state index contributed by atoms with van der Waals surface area (Å²) >= 11 is 0. The summed E-state index contributed by atoms with van der Waals surface area (Å²) in [5.41, 5.74) is 16.7. The van der Waals surface area contributed by atoms with Gasteiger partial charge in [0.2, 0.25) is 0 Å². The van der Waals surface area contributed by atoms with Crippen LogP contribution in [0.4, 0.5) is 17.1 Å². The highest BCUT2D eigenvalue weighted by Crippen LogP contribution is 2.50. The van der Waals surface area contributed by atoms with E-state index in [2.05, 4.69) is 198 Å². The van der Waals surface area contributed by atoms with E-state index in [0.717, 1.165) is 28.3 Å². The molecule has 9 aromatic rings. The molecule has 0 fully saturated rings. The first kappa shape index (κ1) is 31.1. The van der Waals surface area contributed by atoms with Gasteiger partial charge < -0.3 is 9.47 Å². The molecule has 0 amide bonds. The number of benzene rings is 7. The highest BCUT2D eigenvalue weighted by Gasteiger charge is 2.35. The van der Waals surface area contributed by atoms with Crippen LogP contribution in [0.3, 0.4) is 0 Å². The molecule has 0 spiro atoms. The van der Waals surface area contributed by atoms with Crippen molar-refractivity contribution >= 4 is 38.9 Å². The Morgan fingerprint density at radius 1 is 0.453 bits per heavy atom. The lowest BCUT2D eigenvalue weighted by Gasteiger charge is -2.27. The normalized spacial score (nSPS) is 12.9. The van der Waals surface area contributed by atoms with Crippen LogP contribution in [0.25, 0.3) is 61.0 Å². The fourth-order valence-electron chi connectivity index (χ4n) is 8.42. The van der Waals surface area contributed by atoms with Crippen LogP contribution in [0, 0.1) is 0 Å². The molecule has 0 unspecified atom stereocenters. The molecule has 0 radical (unpaired) electrons. The van der Waals surface area contributed by atoms with Crippen LogP contribution in [-0.2, 0) is 5.41 Å². The van der Waals surface area contributed by atoms with E-state index in [0.29, 0.717) is 0 Å². The number of aromatic nitrogens is 2. The third kappa shape index (κ3) is 5.08. The van der Waals surface area contributed by atoms with Gasteiger partial charge in [-0.05, 0) is 112 Å². The molecular weight excluding hydrogens is 643 g/mol. The summed E-state index contributed by atoms with van der Waals surface area (Å²) < 4.78 is 2.37. The SMILES string of the molecule is CC1(C)c2ccccc2-c2cc(N(c3ccc(-c4ccc5c(c4)c4ccccc4n5-c4ccccc4)cc3)c3ccc(-c4ccccn4)cc3)ccc21. The highest BCUT2D eigenvalue weighted by molar-refractivity contribution is 6.10. The maximum Gasteiger partial charge on any atom is 0.0701 e. The van der Waals surface area contributed by atoms with Crippen LogP contribution < -0.4 is 4.90 Å². The molecule has 0 bridgehead atoms. The molecule has 0 aliphatic heterocycles. The Hall–Kier alpha value is -6.71. The van der Waals surface area contributed by atoms with Crippen molar-refractivity contribution in [1.82, 2.24) is 9.55 Å². The highest BCUT2D eigenvalue weighted by atomic mass is 15.1. The zero-order valence-corrected chi connectivity index (χ0v) is 29.7. The maximum atomic E-state index is 4.59. The summed E-state index contributed by atoms with van der Waals surface area (Å²) in [5.74, 6) is 0. The van der Waals surface area contributed by atoms with Gasteiger partial charge in [-0.2, -0.15) is 0 Å². The first-order valence-corrected chi connectivity index (χ1v) is 18.3. The Morgan fingerprint density at radius 3 is 1.85 bits per heavy atom. The van der Waals surface area contributed by atoms with Gasteiger partial charge in [-0.3, -0.25) is 4.98 Å². The van der Waals surface area contributed by atoms with E-state index in [9.17, 15) is 0 Å². The van der Waals surface area contributed by atoms with E-state index in [1.165, 1.54) is 60.9 Å². The van der Waals surface area contributed by atoms with Crippen LogP contribution in [0.1, 0.15) is 25.0 Å². The van der Waals surface area contributed by atoms with Crippen LogP contribution in [0.15, 0.2) is 188 Å². The van der Waals surface area contributed by atoms with Crippen LogP contribution >= 0.6 is 0 Å². The van der Waals surface area contributed by atoms with Crippen molar-refractivity contribution in [3.63, 3.8) is 0 Å². The number of rotatable bonds is 6. The molecule has 3 nitrogen and oxygen atoms in total. The quantitative estimate of drug-likeness (QED) is 0.174. The molecule has 2 aromatic heterocycles. The minimum absolute atomic E-state index is 0.0459. The Morgan fingerprint density at radius 2 is 1.08 bits per heavy atom. The summed E-state index contributed by atoms with van der Waals surface area (Å²) in [5, 5.41) is 2.51. The second kappa shape index (κ2) is 12.2. The van der Waals surface area contributed by atoms with Crippen molar-refractivity contribution < 1.29 is 0 Å². The number of hydrogen-bond acceptors (Lipinski definition) is 2. The van der Waals surface area contributed by atoms with Crippen molar-refractivity contribution in [2.24, 2.45) is 0 Å². The van der Waals surface area contributed by atoms with E-state index < -0.39 is 0 Å². The fraction of sp³-hybridized carbons (Fsp3) is 0.0600. The molecule has 10 rings (SSSR count). The molecular formula is C50H37N3. The summed E-state index contributed by atoms with van der Waals surface area (Å²) in [6.45, 7) is 4.67. The molecule has 252 valence electrons. The molecule has 0 atom stereocenters. The predicted molar refractivity (Wildman–Crippen MR) is 222 cm³/mol. The second-order valence-corrected chi connectivity index (χ2v) is 14.5. The van der Waals surface area contributed by atoms with Crippen molar-refractivity contribution in [3.05, 3.63) is 199 Å². The number of pyridine rings is 1. The lowest BCUT2D eigenvalue weighted by atomic mass is 9.82. The number of fused-ring (bicyclic) bond motifs is 6. The van der Waals surface area contributed by atoms with Crippen molar-refractivity contribution in [2.45, 2.75) is 19.3 Å². The number of anilines is 3. The number of nitrogens with zero attached hydrogens (tertiary/aromatic N) is 3. The Labute approximate surface area is 310 Å². The van der Waals surface area contributed by atoms with Crippen molar-refractivity contribution in [3.8, 4) is 39.2 Å². The van der Waals surface area contributed by atoms with E-state index >= 15 is 0 Å². The van der Waals surface area contributed by atoms with Gasteiger partial charge in [0.1, 0.15) is 0 Å². The fourth-order valence-corrected chi connectivity index (χ4v) is 8.42. The Bertz CT molecular complexity index is 2780. The molecule has 2 heterocycles. The largest absolute Gasteiger partial charge is 0.310 e. The lowest BCUT2D eigenvalue weighted by Crippen LogP contribution is -2.15. The standard InChI is InChI=1S/C50H37N3/c1-50(2)45-16-8-6-14-41(45)43-33-40(28-29-46(43)50)52(39-26-21-35(22-27-39)47-17-10-11-31-51-47)38-24-19-34(20-25-38)36-23-30-49-44(32-36)42-15-7-9-18-48(42)53(49)37-12-4-3-5-13-37/h3-33H,1-2H3. The third-order valence-electron chi connectivity index (χ3n) is 11.1. The summed E-state index contributed by atoms with van der Waals surface area (Å²) in [6, 6.07) is 65.9. The molecule has 7 aromatic carbocycles. The molecule has 1 aliphatic carbocycles. The van der Waals surface area contributed by atoms with E-state index in [1.54, 1.807) is 0 Å². The Kier molecular flexibility index (Phi) is 7.16. The first-order chi connectivity index (χ1) is 26.0. The smallest absolute Gasteiger partial charge is 0.0701 e. The van der Waals surface area contributed by atoms with E-state index in [1.807, 2.05) is 18.3 Å². The molecule has 0 saturated heterocycles. The van der Waals surface area contributed by atoms with Gasteiger partial charge in [-0.25, -0.2) is 0 Å². The lowest BCUT2D eigenvalue weighted by molar-refractivity contribution is 0.660. The minimum Gasteiger partial charge on any atom is -0.310 e. The van der Waals surface area contributed by atoms with Gasteiger partial charge in [0.15, 0.2) is 0 Å². The first-order valence-electron chi connectivity index (χ1n) is 18.3. The van der Waals surface area contributed by atoms with Gasteiger partial charge in [-0.15, -0.1) is 0 Å². The van der Waals surface area contributed by atoms with Gasteiger partial charge in [0, 0.05) is 50.7 Å². The summed E-state index contributed by atoms with van der Waals surface area (Å²) in [7, 11) is 0. The van der Waals surface area contributed by atoms with Gasteiger partial charge in [-0.1, -0.05) is 117 Å². The van der Waals surface area contributed by atoms with Crippen molar-refractivity contribution in [1.29, 1.82) is 0 Å². The Balaban J connectivity index is 1.07. The van der Waals surface area contributed by atoms with Crippen LogP contribution in [-0.4, -0.2) is 9.55 Å². The molecule has 0 saturated carbocycles. The van der Waals surface area contributed by atoms with Crippen LogP contribution in [0.5, 0.6) is 0 Å². The average Bonchev–Trinajstić information content (AvgIpc) is 3.67. The van der Waals surface area contributed by atoms with Gasteiger partial charge >= 0.3 is 0 Å². The number of para-hydroxylation sites is 2. The zero-order chi connectivity index (χ0) is 35.5. The van der Waals surface area contributed by atoms with E-state index in [-0.39, 0.29) is 5.41 Å². The number of hydrogen-bond donors (Lipinski definition) is 0. The molecule has 53 heavy (non-hydrogen) atoms. The molecule has 1 aliphatic rings. The van der Waals surface area contributed by atoms with E-state index in [4.69, 9.17) is 0 Å².